The molecule has 5 aliphatic rings. The Labute approximate surface area is 731 Å². The number of nitrogens with one attached hydrogen (secondary N) is 5. The summed E-state index contributed by atoms with van der Waals surface area (Å²) in [7, 11) is 1.79. The van der Waals surface area contributed by atoms with Crippen LogP contribution in [-0.4, -0.2) is 292 Å². The third-order valence-electron chi connectivity index (χ3n) is 19.5. The van der Waals surface area contributed by atoms with Gasteiger partial charge in [0.1, 0.15) is 109 Å². The highest BCUT2D eigenvalue weighted by atomic mass is 16.2. The number of piperidine rings is 5. The number of fused-ring (bicyclic) bond motifs is 5. The van der Waals surface area contributed by atoms with Crippen LogP contribution < -0.4 is 24.5 Å². The molecule has 0 aliphatic carbocycles. The van der Waals surface area contributed by atoms with Crippen molar-refractivity contribution >= 4 is 114 Å². The third-order valence-corrected chi connectivity index (χ3v) is 19.5. The van der Waals surface area contributed by atoms with Gasteiger partial charge < -0.3 is 98.1 Å². The van der Waals surface area contributed by atoms with E-state index in [4.69, 9.17) is 87.7 Å². The molecule has 35 heteroatoms. The number of anilines is 5. The molecule has 5 aliphatic heterocycles. The van der Waals surface area contributed by atoms with Crippen molar-refractivity contribution in [3.63, 3.8) is 0 Å². The molecule has 5 N–H and O–H groups in total. The second kappa shape index (κ2) is 38.6. The van der Waals surface area contributed by atoms with Gasteiger partial charge in [0.25, 0.3) is 32.5 Å². The number of likely N-dealkylation sites (tertiary alicyclic amines) is 5. The molecule has 0 unspecified atom stereocenters. The molecule has 15 heterocycles. The number of H-pyrrole nitrogens is 5. The fourth-order valence-electron chi connectivity index (χ4n) is 13.2. The Bertz CT molecular complexity index is 7260. The summed E-state index contributed by atoms with van der Waals surface area (Å²) in [5.41, 5.74) is 1.59. The van der Waals surface area contributed by atoms with Gasteiger partial charge in [0, 0.05) is 158 Å². The maximum absolute atomic E-state index is 12.7. The largest absolute Gasteiger partial charge is 0.354 e. The number of hydrogen-bond acceptors (Lipinski definition) is 20. The fourth-order valence-corrected chi connectivity index (χ4v) is 13.2. The molecular weight excluding hydrogens is 1470 g/mol. The summed E-state index contributed by atoms with van der Waals surface area (Å²) >= 11 is 0. The monoisotopic (exact) mass is 1620 g/mol. The van der Waals surface area contributed by atoms with Crippen LogP contribution in [0, 0.1) is 69.3 Å². The molecule has 0 aromatic carbocycles. The van der Waals surface area contributed by atoms with Crippen LogP contribution in [0.2, 0.25) is 0 Å². The van der Waals surface area contributed by atoms with Gasteiger partial charge in [-0.05, 0) is 98.9 Å². The molecule has 116 heavy (non-hydrogen) atoms. The first-order chi connectivity index (χ1) is 71.4. The van der Waals surface area contributed by atoms with Gasteiger partial charge in [0.15, 0.2) is 0 Å². The van der Waals surface area contributed by atoms with Crippen molar-refractivity contribution in [2.75, 3.05) is 157 Å². The first kappa shape index (κ1) is 45.7. The number of aromatic amines is 5. The lowest BCUT2D eigenvalue weighted by molar-refractivity contribution is -0.131. The molecule has 5 amide bonds. The van der Waals surface area contributed by atoms with Crippen LogP contribution >= 0.6 is 0 Å². The van der Waals surface area contributed by atoms with Crippen molar-refractivity contribution in [2.45, 2.75) is 104 Å². The van der Waals surface area contributed by atoms with Gasteiger partial charge in [-0.3, -0.25) is 24.0 Å². The quantitative estimate of drug-likeness (QED) is 0.0606. The molecule has 5 saturated heterocycles. The fraction of sp³-hybridized carbons (Fsp3) is 0.506. The van der Waals surface area contributed by atoms with Crippen molar-refractivity contribution < 1.29 is 78.8 Å². The minimum absolute atomic E-state index is 0.0328. The second-order valence-corrected chi connectivity index (χ2v) is 26.5. The predicted octanol–water partition coefficient (Wildman–Crippen LogP) is 8.06. The van der Waals surface area contributed by atoms with Crippen molar-refractivity contribution in [2.24, 2.45) is 29.5 Å². The van der Waals surface area contributed by atoms with Gasteiger partial charge in [-0.25, -0.2) is 82.7 Å². The lowest BCUT2D eigenvalue weighted by Gasteiger charge is -2.41. The Morgan fingerprint density at radius 3 is 1.10 bits per heavy atom. The van der Waals surface area contributed by atoms with Crippen molar-refractivity contribution in [3.8, 4) is 0 Å². The number of rotatable bonds is 15. The lowest BCUT2D eigenvalue weighted by Crippen LogP contribution is -2.53. The zero-order valence-electron chi connectivity index (χ0n) is 103. The highest BCUT2D eigenvalue weighted by Gasteiger charge is 2.39. The predicted molar refractivity (Wildman–Crippen MR) is 444 cm³/mol. The molecule has 35 nitrogen and oxygen atoms in total. The summed E-state index contributed by atoms with van der Waals surface area (Å²) in [6.07, 6.45) is 3.14. The van der Waals surface area contributed by atoms with Gasteiger partial charge in [-0.2, -0.15) is 0 Å². The molecule has 0 radical (unpaired) electrons. The van der Waals surface area contributed by atoms with Gasteiger partial charge in [0.2, 0.25) is 0 Å². The summed E-state index contributed by atoms with van der Waals surface area (Å²) in [6.45, 7) is 5.83. The smallest absolute Gasteiger partial charge is 0.302 e. The molecular formula is C81H102N30O5. The number of aryl methyl sites for hydroxylation is 1. The van der Waals surface area contributed by atoms with E-state index in [1.165, 1.54) is 54.8 Å². The summed E-state index contributed by atoms with van der Waals surface area (Å²) in [4.78, 5) is 138. The SMILES string of the molecule is [2H]c1nc(N(C([2H])([2H])[2H])[C@@]2([2H])CN(C(=O)C([2H])([2H])[N+]#[C-])CC[C@@]2([2H])C([2H])([2H])[2H])c2cc[nH]c2n1.[2H]c1nc(N(C([2H])([2H])[2H])[C@@]2([2H])CN(C(=O)C([2H])([2H])[N+]#[C-])CC[C@@]2([2H])C)c2cc[nH]c2n1.[2H]c1nc(N(C([2H])([2H])[2H])[C@@]2([2H])CN(C(=O)C([2H])([2H])[N+]#[C-])CC[C@H]2C([2H])([2H])[2H])c2cc[nH]c2n1.[2H]c1nc(N(C([2H])([2H])[2H])[C@@]2([2H])CN(C(=O)C([2H])([2H])[N+]#[C-])CC[C@H]2C)c2cc[nH]c2n1.[2H]c1nc(N(C)[C@H]2CN(C(=O)C([2H])([2H])[N+]#[C-])CC[C@H]2C)c2c([2H])c(C)[nH]c2n1. The number of aromatic nitrogens is 15. The van der Waals surface area contributed by atoms with Gasteiger partial charge >= 0.3 is 29.5 Å². The number of amides is 5. The molecule has 0 spiro atoms. The van der Waals surface area contributed by atoms with Crippen LogP contribution in [0.5, 0.6) is 0 Å². The lowest BCUT2D eigenvalue weighted by atomic mass is 9.92. The Balaban J connectivity index is 0.000000184. The normalized spacial score (nSPS) is 31.2. The van der Waals surface area contributed by atoms with Crippen molar-refractivity contribution in [1.29, 1.82) is 0 Å². The second-order valence-electron chi connectivity index (χ2n) is 26.5. The molecule has 15 rings (SSSR count). The van der Waals surface area contributed by atoms with Gasteiger partial charge in [-0.1, -0.05) is 34.5 Å². The third kappa shape index (κ3) is 19.2. The number of likely N-dealkylation sites (N-methyl/N-ethyl adjacent to an activating group) is 5. The topological polar surface area (TPSA) is 347 Å². The van der Waals surface area contributed by atoms with Crippen molar-refractivity contribution in [3.05, 3.63) is 149 Å². The van der Waals surface area contributed by atoms with Crippen LogP contribution in [0.15, 0.2) is 86.6 Å². The van der Waals surface area contributed by atoms with E-state index >= 15 is 0 Å². The Morgan fingerprint density at radius 1 is 0.422 bits per heavy atom. The molecule has 5 fully saturated rings. The van der Waals surface area contributed by atoms with E-state index in [0.717, 1.165) is 19.6 Å². The van der Waals surface area contributed by atoms with E-state index in [1.807, 2.05) is 11.8 Å². The van der Waals surface area contributed by atoms with E-state index in [-0.39, 0.29) is 120 Å². The van der Waals surface area contributed by atoms with E-state index in [0.29, 0.717) is 60.5 Å². The van der Waals surface area contributed by atoms with Gasteiger partial charge in [-0.15, -0.1) is 0 Å². The van der Waals surface area contributed by atoms with Crippen molar-refractivity contribution in [1.82, 2.24) is 99.3 Å². The zero-order chi connectivity index (χ0) is 118. The Hall–Kier alpha value is -13.1. The number of carbonyl (C=O) groups excluding carboxylic acids is 5. The van der Waals surface area contributed by atoms with E-state index in [1.54, 1.807) is 27.0 Å². The van der Waals surface area contributed by atoms with E-state index in [9.17, 15) is 24.0 Å². The summed E-state index contributed by atoms with van der Waals surface area (Å²) in [5, 5.41) is 1.20. The Morgan fingerprint density at radius 2 is 0.733 bits per heavy atom. The molecule has 0 saturated carbocycles. The highest BCUT2D eigenvalue weighted by molar-refractivity contribution is 5.92. The zero-order valence-corrected chi connectivity index (χ0v) is 62.8. The van der Waals surface area contributed by atoms with Crippen LogP contribution in [0.25, 0.3) is 79.4 Å². The number of hydrogen-bond donors (Lipinski definition) is 5. The highest BCUT2D eigenvalue weighted by Crippen LogP contribution is 2.35. The molecule has 10 aromatic heterocycles. The molecule has 10 aromatic rings. The van der Waals surface area contributed by atoms with Gasteiger partial charge in [0.05, 0.1) is 63.9 Å². The molecule has 606 valence electrons. The summed E-state index contributed by atoms with van der Waals surface area (Å²) < 4.78 is 323. The van der Waals surface area contributed by atoms with Crippen LogP contribution in [0.4, 0.5) is 29.1 Å². The van der Waals surface area contributed by atoms with E-state index in [2.05, 4.69) is 99.0 Å². The first-order valence-corrected chi connectivity index (χ1v) is 35.4. The molecule has 0 bridgehead atoms. The standard InChI is InChI=1S/C17H22N6O.4C16H20N6O/c1-11-5-6-23(15(24)8-18-3)9-14(11)22(4)17-13-7-12(2)21-16(13)19-10-20-17;4*1-11-5-7-22(14(23)8-17-2)9-13(11)21(3)16-12-4-6-18-15(12)19-10-20-16/h7,10-11,14H,5-6,8-9H2,1-2,4H3,(H,19,20,21);4*4,6,10-11,13H,5,7-9H2,1,3H3,(H,18,19,20)/t11-,14+;4*11-,13+/m11111/s1/i7D,8D2,10D;1D3,3D3,8D2,10D,11D,13D;3D3,8D2,10D,11D,13D;1D3,3D3,8D2,10D,13D;3D3,8D2,10D,13D. The number of carbonyl (C=O) groups is 5. The van der Waals surface area contributed by atoms with Crippen LogP contribution in [0.3, 0.4) is 0 Å². The van der Waals surface area contributed by atoms with Crippen LogP contribution in [0.1, 0.15) is 127 Å². The Kier molecular flexibility index (Phi) is 15.2. The number of nitrogens with zero attached hydrogens (tertiary/aromatic N) is 25. The average molecular weight is 1620 g/mol. The average Bonchev–Trinajstić information content (AvgIpc) is 0.840. The first-order valence-electron chi connectivity index (χ1n) is 55.4. The van der Waals surface area contributed by atoms with E-state index < -0.39 is 227 Å². The maximum Gasteiger partial charge on any atom is 0.302 e. The molecule has 10 atom stereocenters. The van der Waals surface area contributed by atoms with Crippen LogP contribution in [-0.2, 0) is 24.0 Å². The minimum atomic E-state index is -3.28. The summed E-state index contributed by atoms with van der Waals surface area (Å²) in [6, 6.07) is -3.83. The summed E-state index contributed by atoms with van der Waals surface area (Å²) in [5.74, 6) is -13.2. The maximum atomic E-state index is 12.7. The minimum Gasteiger partial charge on any atom is -0.354 e.